The topological polar surface area (TPSA) is 117 Å². The number of amides is 3. The quantitative estimate of drug-likeness (QED) is 0.230. The summed E-state index contributed by atoms with van der Waals surface area (Å²) < 4.78 is 5.81. The standard InChI is InChI=1S/C30H27N3O5/c34-28(23-14-9-15-24(19-23)32-30(37)31-20-22-12-5-2-6-13-22)33-25-16-7-8-17-26(25)38-27(29(35)36)18-21-10-3-1-4-11-21/h1-17,19,27H,18,20H2,(H,33,34)(H,35,36)(H2,31,32,37). The van der Waals surface area contributed by atoms with Crippen LogP contribution in [0.2, 0.25) is 0 Å². The lowest BCUT2D eigenvalue weighted by atomic mass is 10.1. The summed E-state index contributed by atoms with van der Waals surface area (Å²) in [5, 5.41) is 18.0. The molecule has 0 aliphatic heterocycles. The highest BCUT2D eigenvalue weighted by atomic mass is 16.5. The van der Waals surface area contributed by atoms with Gasteiger partial charge >= 0.3 is 12.0 Å². The fourth-order valence-corrected chi connectivity index (χ4v) is 3.72. The van der Waals surface area contributed by atoms with Crippen LogP contribution in [0.1, 0.15) is 21.5 Å². The van der Waals surface area contributed by atoms with Gasteiger partial charge in [-0.1, -0.05) is 78.9 Å². The highest BCUT2D eigenvalue weighted by Gasteiger charge is 2.22. The first kappa shape index (κ1) is 26.0. The van der Waals surface area contributed by atoms with E-state index in [2.05, 4.69) is 16.0 Å². The van der Waals surface area contributed by atoms with Crippen LogP contribution in [-0.2, 0) is 17.8 Å². The first-order valence-corrected chi connectivity index (χ1v) is 12.0. The molecule has 0 spiro atoms. The Morgan fingerprint density at radius 3 is 2.11 bits per heavy atom. The minimum absolute atomic E-state index is 0.165. The molecule has 0 radical (unpaired) electrons. The predicted octanol–water partition coefficient (Wildman–Crippen LogP) is 5.34. The first-order chi connectivity index (χ1) is 18.5. The fraction of sp³-hybridized carbons (Fsp3) is 0.100. The van der Waals surface area contributed by atoms with E-state index in [1.165, 1.54) is 0 Å². The number of carboxylic acids is 1. The SMILES string of the molecule is O=C(NCc1ccccc1)Nc1cccc(C(=O)Nc2ccccc2OC(Cc2ccccc2)C(=O)O)c1. The van der Waals surface area contributed by atoms with Gasteiger partial charge in [0, 0.05) is 24.2 Å². The van der Waals surface area contributed by atoms with E-state index >= 15 is 0 Å². The Morgan fingerprint density at radius 1 is 0.737 bits per heavy atom. The van der Waals surface area contributed by atoms with E-state index in [-0.39, 0.29) is 12.2 Å². The molecule has 4 aromatic carbocycles. The molecule has 0 heterocycles. The molecule has 1 atom stereocenters. The molecule has 3 amide bonds. The number of hydrogen-bond acceptors (Lipinski definition) is 4. The van der Waals surface area contributed by atoms with Crippen molar-refractivity contribution < 1.29 is 24.2 Å². The van der Waals surface area contributed by atoms with Crippen LogP contribution in [0.5, 0.6) is 5.75 Å². The van der Waals surface area contributed by atoms with Crippen molar-refractivity contribution in [2.75, 3.05) is 10.6 Å². The second-order valence-corrected chi connectivity index (χ2v) is 8.46. The van der Waals surface area contributed by atoms with Crippen LogP contribution in [0.3, 0.4) is 0 Å². The zero-order valence-corrected chi connectivity index (χ0v) is 20.5. The number of carboxylic acid groups (broad SMARTS) is 1. The minimum atomic E-state index is -1.14. The Morgan fingerprint density at radius 2 is 1.39 bits per heavy atom. The van der Waals surface area contributed by atoms with Crippen molar-refractivity contribution in [3.8, 4) is 5.75 Å². The van der Waals surface area contributed by atoms with Crippen LogP contribution >= 0.6 is 0 Å². The van der Waals surface area contributed by atoms with Gasteiger partial charge in [-0.05, 0) is 41.5 Å². The molecule has 0 saturated heterocycles. The van der Waals surface area contributed by atoms with E-state index in [9.17, 15) is 19.5 Å². The molecule has 8 nitrogen and oxygen atoms in total. The van der Waals surface area contributed by atoms with Gasteiger partial charge in [-0.3, -0.25) is 4.79 Å². The van der Waals surface area contributed by atoms with Gasteiger partial charge < -0.3 is 25.8 Å². The number of anilines is 2. The molecule has 4 rings (SSSR count). The van der Waals surface area contributed by atoms with Crippen LogP contribution in [0.15, 0.2) is 109 Å². The Kier molecular flexibility index (Phi) is 8.70. The molecular weight excluding hydrogens is 482 g/mol. The molecule has 38 heavy (non-hydrogen) atoms. The van der Waals surface area contributed by atoms with Crippen molar-refractivity contribution >= 4 is 29.3 Å². The molecule has 8 heteroatoms. The predicted molar refractivity (Wildman–Crippen MR) is 145 cm³/mol. The van der Waals surface area contributed by atoms with Crippen LogP contribution in [0, 0.1) is 0 Å². The Labute approximate surface area is 220 Å². The third-order valence-corrected chi connectivity index (χ3v) is 5.62. The van der Waals surface area contributed by atoms with E-state index in [4.69, 9.17) is 4.74 Å². The van der Waals surface area contributed by atoms with E-state index < -0.39 is 24.0 Å². The summed E-state index contributed by atoms with van der Waals surface area (Å²) in [6.07, 6.45) is -0.976. The molecule has 0 fully saturated rings. The Bertz CT molecular complexity index is 1390. The second kappa shape index (κ2) is 12.7. The molecule has 0 aliphatic carbocycles. The second-order valence-electron chi connectivity index (χ2n) is 8.46. The number of urea groups is 1. The summed E-state index contributed by atoms with van der Waals surface area (Å²) in [5.41, 5.74) is 2.86. The maximum Gasteiger partial charge on any atom is 0.345 e. The van der Waals surface area contributed by atoms with E-state index in [1.54, 1.807) is 48.5 Å². The van der Waals surface area contributed by atoms with Gasteiger partial charge in [-0.25, -0.2) is 9.59 Å². The number of hydrogen-bond donors (Lipinski definition) is 4. The van der Waals surface area contributed by atoms with Gasteiger partial charge in [0.2, 0.25) is 0 Å². The van der Waals surface area contributed by atoms with Gasteiger partial charge in [-0.2, -0.15) is 0 Å². The van der Waals surface area contributed by atoms with Gasteiger partial charge in [-0.15, -0.1) is 0 Å². The Balaban J connectivity index is 1.40. The largest absolute Gasteiger partial charge is 0.478 e. The number of carbonyl (C=O) groups excluding carboxylic acids is 2. The Hall–Kier alpha value is -5.11. The minimum Gasteiger partial charge on any atom is -0.478 e. The average Bonchev–Trinajstić information content (AvgIpc) is 2.94. The van der Waals surface area contributed by atoms with Crippen LogP contribution in [-0.4, -0.2) is 29.1 Å². The van der Waals surface area contributed by atoms with Crippen molar-refractivity contribution in [2.45, 2.75) is 19.1 Å². The number of rotatable bonds is 10. The van der Waals surface area contributed by atoms with Crippen molar-refractivity contribution in [2.24, 2.45) is 0 Å². The summed E-state index contributed by atoms with van der Waals surface area (Å²) in [6.45, 7) is 0.366. The fourth-order valence-electron chi connectivity index (χ4n) is 3.72. The number of benzene rings is 4. The van der Waals surface area contributed by atoms with Gasteiger partial charge in [0.25, 0.3) is 5.91 Å². The van der Waals surface area contributed by atoms with E-state index in [1.807, 2.05) is 60.7 Å². The highest BCUT2D eigenvalue weighted by molar-refractivity contribution is 6.06. The molecule has 0 aromatic heterocycles. The lowest BCUT2D eigenvalue weighted by Gasteiger charge is -2.18. The number of carbonyl (C=O) groups is 3. The molecule has 192 valence electrons. The highest BCUT2D eigenvalue weighted by Crippen LogP contribution is 2.27. The van der Waals surface area contributed by atoms with Gasteiger partial charge in [0.1, 0.15) is 5.75 Å². The summed E-state index contributed by atoms with van der Waals surface area (Å²) in [6, 6.07) is 31.4. The lowest BCUT2D eigenvalue weighted by Crippen LogP contribution is -2.30. The summed E-state index contributed by atoms with van der Waals surface area (Å²) in [4.78, 5) is 37.2. The molecule has 0 saturated carbocycles. The molecular formula is C30H27N3O5. The molecule has 0 bridgehead atoms. The van der Waals surface area contributed by atoms with Crippen molar-refractivity contribution in [1.29, 1.82) is 0 Å². The number of nitrogens with one attached hydrogen (secondary N) is 3. The number of para-hydroxylation sites is 2. The van der Waals surface area contributed by atoms with Crippen molar-refractivity contribution in [3.63, 3.8) is 0 Å². The zero-order valence-electron chi connectivity index (χ0n) is 20.5. The molecule has 1 unspecified atom stereocenters. The first-order valence-electron chi connectivity index (χ1n) is 12.0. The van der Waals surface area contributed by atoms with Crippen LogP contribution in [0.25, 0.3) is 0 Å². The summed E-state index contributed by atoms with van der Waals surface area (Å²) in [7, 11) is 0. The maximum absolute atomic E-state index is 13.0. The van der Waals surface area contributed by atoms with Crippen molar-refractivity contribution in [3.05, 3.63) is 126 Å². The third-order valence-electron chi connectivity index (χ3n) is 5.62. The average molecular weight is 510 g/mol. The zero-order chi connectivity index (χ0) is 26.7. The molecule has 4 N–H and O–H groups in total. The third kappa shape index (κ3) is 7.44. The van der Waals surface area contributed by atoms with Crippen molar-refractivity contribution in [1.82, 2.24) is 5.32 Å². The summed E-state index contributed by atoms with van der Waals surface area (Å²) in [5.74, 6) is -1.32. The van der Waals surface area contributed by atoms with Crippen LogP contribution in [0.4, 0.5) is 16.2 Å². The van der Waals surface area contributed by atoms with Gasteiger partial charge in [0.15, 0.2) is 6.10 Å². The smallest absolute Gasteiger partial charge is 0.345 e. The van der Waals surface area contributed by atoms with Crippen LogP contribution < -0.4 is 20.7 Å². The number of ether oxygens (including phenoxy) is 1. The van der Waals surface area contributed by atoms with Gasteiger partial charge in [0.05, 0.1) is 5.69 Å². The number of aliphatic carboxylic acids is 1. The maximum atomic E-state index is 13.0. The lowest BCUT2D eigenvalue weighted by molar-refractivity contribution is -0.145. The summed E-state index contributed by atoms with van der Waals surface area (Å²) >= 11 is 0. The molecule has 4 aromatic rings. The normalized spacial score (nSPS) is 11.2. The monoisotopic (exact) mass is 509 g/mol. The van der Waals surface area contributed by atoms with E-state index in [0.717, 1.165) is 11.1 Å². The van der Waals surface area contributed by atoms with E-state index in [0.29, 0.717) is 23.5 Å². The molecule has 0 aliphatic rings.